The number of nitrogens with one attached hydrogen (secondary N) is 1. The minimum Gasteiger partial charge on any atom is -0.481 e. The second-order valence-corrected chi connectivity index (χ2v) is 6.30. The second kappa shape index (κ2) is 7.11. The molecule has 2 heterocycles. The van der Waals surface area contributed by atoms with Crippen molar-refractivity contribution in [2.45, 2.75) is 51.6 Å². The largest absolute Gasteiger partial charge is 0.481 e. The number of carbonyl (C=O) groups excluding carboxylic acids is 1. The molecule has 0 aromatic rings. The fourth-order valence-corrected chi connectivity index (χ4v) is 3.38. The summed E-state index contributed by atoms with van der Waals surface area (Å²) >= 11 is 0. The highest BCUT2D eigenvalue weighted by Crippen LogP contribution is 2.24. The fourth-order valence-electron chi connectivity index (χ4n) is 3.38. The van der Waals surface area contributed by atoms with Crippen LogP contribution in [-0.4, -0.2) is 65.2 Å². The lowest BCUT2D eigenvalue weighted by atomic mass is 10.0. The van der Waals surface area contributed by atoms with Gasteiger partial charge in [0.2, 0.25) is 0 Å². The summed E-state index contributed by atoms with van der Waals surface area (Å²) in [6.45, 7) is 7.33. The van der Waals surface area contributed by atoms with Gasteiger partial charge in [-0.3, -0.25) is 9.69 Å². The number of amides is 2. The van der Waals surface area contributed by atoms with Crippen molar-refractivity contribution in [3.8, 4) is 0 Å². The molecule has 0 radical (unpaired) electrons. The first kappa shape index (κ1) is 16.1. The molecular weight excluding hydrogens is 270 g/mol. The topological polar surface area (TPSA) is 72.9 Å². The van der Waals surface area contributed by atoms with Crippen LogP contribution in [0.3, 0.4) is 0 Å². The molecule has 2 N–H and O–H groups in total. The van der Waals surface area contributed by atoms with Crippen molar-refractivity contribution in [3.05, 3.63) is 0 Å². The van der Waals surface area contributed by atoms with Crippen LogP contribution in [0.1, 0.15) is 39.5 Å². The van der Waals surface area contributed by atoms with Crippen LogP contribution >= 0.6 is 0 Å². The van der Waals surface area contributed by atoms with Crippen LogP contribution in [0.15, 0.2) is 0 Å². The predicted octanol–water partition coefficient (Wildman–Crippen LogP) is 1.37. The molecular formula is C15H27N3O3. The molecule has 0 spiro atoms. The standard InChI is InChI=1S/C15H27N3O3/c1-11(17-7-4-3-5-8-17)10-16-15(21)18-9-6-13(12(18)2)14(19)20/h11-13H,3-10H2,1-2H3,(H,16,21)(H,19,20). The Morgan fingerprint density at radius 3 is 2.48 bits per heavy atom. The van der Waals surface area contributed by atoms with E-state index >= 15 is 0 Å². The van der Waals surface area contributed by atoms with Crippen molar-refractivity contribution < 1.29 is 14.7 Å². The Bertz CT molecular complexity index is 382. The smallest absolute Gasteiger partial charge is 0.317 e. The first-order chi connectivity index (χ1) is 10.0. The van der Waals surface area contributed by atoms with E-state index in [2.05, 4.69) is 17.1 Å². The molecule has 0 bridgehead atoms. The van der Waals surface area contributed by atoms with E-state index in [1.807, 2.05) is 6.92 Å². The summed E-state index contributed by atoms with van der Waals surface area (Å²) in [4.78, 5) is 27.4. The summed E-state index contributed by atoms with van der Waals surface area (Å²) in [6.07, 6.45) is 4.33. The SMILES string of the molecule is CC(CNC(=O)N1CCC(C(=O)O)C1C)N1CCCCC1. The molecule has 21 heavy (non-hydrogen) atoms. The Hall–Kier alpha value is -1.30. The zero-order valence-corrected chi connectivity index (χ0v) is 13.0. The summed E-state index contributed by atoms with van der Waals surface area (Å²) in [5, 5.41) is 12.1. The lowest BCUT2D eigenvalue weighted by molar-refractivity contribution is -0.142. The Morgan fingerprint density at radius 2 is 1.90 bits per heavy atom. The number of hydrogen-bond acceptors (Lipinski definition) is 3. The summed E-state index contributed by atoms with van der Waals surface area (Å²) in [6, 6.07) is -0.0228. The van der Waals surface area contributed by atoms with E-state index in [4.69, 9.17) is 5.11 Å². The monoisotopic (exact) mass is 297 g/mol. The Morgan fingerprint density at radius 1 is 1.24 bits per heavy atom. The zero-order chi connectivity index (χ0) is 15.4. The fraction of sp³-hybridized carbons (Fsp3) is 0.867. The number of carboxylic acids is 1. The number of hydrogen-bond donors (Lipinski definition) is 2. The molecule has 2 rings (SSSR count). The Balaban J connectivity index is 1.78. The third-order valence-corrected chi connectivity index (χ3v) is 4.90. The van der Waals surface area contributed by atoms with Gasteiger partial charge in [-0.2, -0.15) is 0 Å². The van der Waals surface area contributed by atoms with Gasteiger partial charge in [0, 0.05) is 25.2 Å². The van der Waals surface area contributed by atoms with Gasteiger partial charge in [0.15, 0.2) is 0 Å². The van der Waals surface area contributed by atoms with Gasteiger partial charge in [0.25, 0.3) is 0 Å². The van der Waals surface area contributed by atoms with E-state index in [1.165, 1.54) is 19.3 Å². The van der Waals surface area contributed by atoms with Gasteiger partial charge in [-0.15, -0.1) is 0 Å². The van der Waals surface area contributed by atoms with Gasteiger partial charge in [-0.25, -0.2) is 4.79 Å². The van der Waals surface area contributed by atoms with Crippen molar-refractivity contribution in [3.63, 3.8) is 0 Å². The zero-order valence-electron chi connectivity index (χ0n) is 13.0. The molecule has 120 valence electrons. The van der Waals surface area contributed by atoms with Gasteiger partial charge < -0.3 is 15.3 Å². The number of carbonyl (C=O) groups is 2. The van der Waals surface area contributed by atoms with Gasteiger partial charge in [-0.1, -0.05) is 6.42 Å². The molecule has 2 amide bonds. The van der Waals surface area contributed by atoms with Crippen molar-refractivity contribution >= 4 is 12.0 Å². The minimum atomic E-state index is -0.806. The molecule has 0 aliphatic carbocycles. The average Bonchev–Trinajstić information content (AvgIpc) is 2.87. The first-order valence-electron chi connectivity index (χ1n) is 8.02. The third kappa shape index (κ3) is 3.87. The maximum absolute atomic E-state index is 12.2. The molecule has 6 heteroatoms. The lowest BCUT2D eigenvalue weighted by Crippen LogP contribution is -2.49. The van der Waals surface area contributed by atoms with Crippen LogP contribution in [0.2, 0.25) is 0 Å². The van der Waals surface area contributed by atoms with Crippen molar-refractivity contribution in [2.24, 2.45) is 5.92 Å². The van der Waals surface area contributed by atoms with Crippen LogP contribution in [0.4, 0.5) is 4.79 Å². The number of nitrogens with zero attached hydrogens (tertiary/aromatic N) is 2. The highest BCUT2D eigenvalue weighted by molar-refractivity contribution is 5.78. The highest BCUT2D eigenvalue weighted by Gasteiger charge is 2.38. The van der Waals surface area contributed by atoms with Crippen LogP contribution in [0.25, 0.3) is 0 Å². The van der Waals surface area contributed by atoms with E-state index in [0.29, 0.717) is 25.6 Å². The van der Waals surface area contributed by atoms with Gasteiger partial charge in [0.05, 0.1) is 5.92 Å². The maximum Gasteiger partial charge on any atom is 0.317 e. The molecule has 2 aliphatic rings. The molecule has 0 aromatic heterocycles. The molecule has 6 nitrogen and oxygen atoms in total. The molecule has 2 fully saturated rings. The number of piperidine rings is 1. The van der Waals surface area contributed by atoms with Crippen LogP contribution in [0, 0.1) is 5.92 Å². The van der Waals surface area contributed by atoms with Gasteiger partial charge >= 0.3 is 12.0 Å². The summed E-state index contributed by atoms with van der Waals surface area (Å²) < 4.78 is 0. The predicted molar refractivity (Wildman–Crippen MR) is 80.2 cm³/mol. The van der Waals surface area contributed by atoms with E-state index < -0.39 is 11.9 Å². The van der Waals surface area contributed by atoms with Crippen LogP contribution in [0.5, 0.6) is 0 Å². The summed E-state index contributed by atoms with van der Waals surface area (Å²) in [5.41, 5.74) is 0. The van der Waals surface area contributed by atoms with Crippen molar-refractivity contribution in [1.82, 2.24) is 15.1 Å². The number of rotatable bonds is 4. The Labute approximate surface area is 126 Å². The molecule has 2 aliphatic heterocycles. The van der Waals surface area contributed by atoms with E-state index in [0.717, 1.165) is 13.1 Å². The number of carboxylic acid groups (broad SMARTS) is 1. The van der Waals surface area contributed by atoms with Crippen molar-refractivity contribution in [1.29, 1.82) is 0 Å². The highest BCUT2D eigenvalue weighted by atomic mass is 16.4. The molecule has 3 atom stereocenters. The van der Waals surface area contributed by atoms with E-state index in [-0.39, 0.29) is 12.1 Å². The van der Waals surface area contributed by atoms with Gasteiger partial charge in [0.1, 0.15) is 0 Å². The second-order valence-electron chi connectivity index (χ2n) is 6.30. The lowest BCUT2D eigenvalue weighted by Gasteiger charge is -2.33. The molecule has 0 saturated carbocycles. The normalized spacial score (nSPS) is 28.4. The quantitative estimate of drug-likeness (QED) is 0.822. The number of urea groups is 1. The van der Waals surface area contributed by atoms with Gasteiger partial charge in [-0.05, 0) is 46.2 Å². The maximum atomic E-state index is 12.2. The molecule has 0 aromatic carbocycles. The molecule has 3 unspecified atom stereocenters. The average molecular weight is 297 g/mol. The van der Waals surface area contributed by atoms with Crippen LogP contribution in [-0.2, 0) is 4.79 Å². The van der Waals surface area contributed by atoms with E-state index in [9.17, 15) is 9.59 Å². The Kier molecular flexibility index (Phi) is 5.45. The number of likely N-dealkylation sites (tertiary alicyclic amines) is 2. The van der Waals surface area contributed by atoms with Crippen LogP contribution < -0.4 is 5.32 Å². The summed E-state index contributed by atoms with van der Waals surface area (Å²) in [7, 11) is 0. The molecule has 2 saturated heterocycles. The minimum absolute atomic E-state index is 0.130. The number of aliphatic carboxylic acids is 1. The summed E-state index contributed by atoms with van der Waals surface area (Å²) in [5.74, 6) is -1.24. The first-order valence-corrected chi connectivity index (χ1v) is 8.02. The van der Waals surface area contributed by atoms with E-state index in [1.54, 1.807) is 4.90 Å². The van der Waals surface area contributed by atoms with Crippen molar-refractivity contribution in [2.75, 3.05) is 26.2 Å². The third-order valence-electron chi connectivity index (χ3n) is 4.90.